The Kier molecular flexibility index (Phi) is 7.27. The Morgan fingerprint density at radius 2 is 1.74 bits per heavy atom. The predicted molar refractivity (Wildman–Crippen MR) is 70.1 cm³/mol. The first kappa shape index (κ1) is 15.2. The molecule has 1 aromatic rings. The number of hydrogen-bond acceptors (Lipinski definition) is 3. The molecule has 0 bridgehead atoms. The molecule has 0 aliphatic heterocycles. The standard InChI is InChI=1S/C14H19NO4/c16-13(9-5-2-6-10-14(17)18)15-19-11-12-7-3-1-4-8-12/h1,3-4,7-8H,2,5-6,9-11H2,(H,15,16)(H,17,18). The van der Waals surface area contributed by atoms with Crippen molar-refractivity contribution >= 4 is 11.9 Å². The molecule has 0 saturated heterocycles. The van der Waals surface area contributed by atoms with Crippen molar-refractivity contribution in [1.29, 1.82) is 0 Å². The van der Waals surface area contributed by atoms with Gasteiger partial charge in [0.15, 0.2) is 0 Å². The van der Waals surface area contributed by atoms with E-state index in [9.17, 15) is 9.59 Å². The van der Waals surface area contributed by atoms with Crippen molar-refractivity contribution in [2.45, 2.75) is 38.7 Å². The second-order valence-electron chi connectivity index (χ2n) is 4.25. The molecule has 104 valence electrons. The van der Waals surface area contributed by atoms with Crippen molar-refractivity contribution in [3.05, 3.63) is 35.9 Å². The van der Waals surface area contributed by atoms with E-state index in [-0.39, 0.29) is 12.3 Å². The highest BCUT2D eigenvalue weighted by molar-refractivity contribution is 5.74. The Morgan fingerprint density at radius 3 is 2.42 bits per heavy atom. The van der Waals surface area contributed by atoms with E-state index in [0.717, 1.165) is 12.0 Å². The highest BCUT2D eigenvalue weighted by atomic mass is 16.6. The number of aliphatic carboxylic acids is 1. The van der Waals surface area contributed by atoms with E-state index in [1.54, 1.807) is 0 Å². The third kappa shape index (κ3) is 7.94. The van der Waals surface area contributed by atoms with E-state index in [1.807, 2.05) is 30.3 Å². The minimum absolute atomic E-state index is 0.159. The number of hydrogen-bond donors (Lipinski definition) is 2. The van der Waals surface area contributed by atoms with Crippen LogP contribution in [0.2, 0.25) is 0 Å². The van der Waals surface area contributed by atoms with E-state index in [2.05, 4.69) is 5.48 Å². The number of amides is 1. The van der Waals surface area contributed by atoms with Gasteiger partial charge in [0, 0.05) is 12.8 Å². The maximum absolute atomic E-state index is 11.4. The molecule has 0 atom stereocenters. The second kappa shape index (κ2) is 9.10. The number of carbonyl (C=O) groups is 2. The summed E-state index contributed by atoms with van der Waals surface area (Å²) in [5.74, 6) is -0.970. The summed E-state index contributed by atoms with van der Waals surface area (Å²) in [7, 11) is 0. The van der Waals surface area contributed by atoms with Crippen LogP contribution >= 0.6 is 0 Å². The molecule has 0 spiro atoms. The van der Waals surface area contributed by atoms with Crippen LogP contribution in [0.25, 0.3) is 0 Å². The van der Waals surface area contributed by atoms with Gasteiger partial charge in [0.25, 0.3) is 0 Å². The molecule has 0 saturated carbocycles. The fraction of sp³-hybridized carbons (Fsp3) is 0.429. The van der Waals surface area contributed by atoms with Crippen LogP contribution in [0.4, 0.5) is 0 Å². The van der Waals surface area contributed by atoms with Gasteiger partial charge >= 0.3 is 5.97 Å². The van der Waals surface area contributed by atoms with Crippen LogP contribution in [-0.2, 0) is 21.0 Å². The quantitative estimate of drug-likeness (QED) is 0.530. The van der Waals surface area contributed by atoms with E-state index in [4.69, 9.17) is 9.94 Å². The molecule has 0 fully saturated rings. The molecule has 0 radical (unpaired) electrons. The summed E-state index contributed by atoms with van der Waals surface area (Å²) in [6, 6.07) is 9.56. The number of hydroxylamine groups is 1. The predicted octanol–water partition coefficient (Wildman–Crippen LogP) is 2.27. The molecule has 0 heterocycles. The maximum atomic E-state index is 11.4. The van der Waals surface area contributed by atoms with Gasteiger partial charge < -0.3 is 5.11 Å². The summed E-state index contributed by atoms with van der Waals surface area (Å²) in [6.45, 7) is 0.339. The van der Waals surface area contributed by atoms with Crippen molar-refractivity contribution in [3.8, 4) is 0 Å². The Hall–Kier alpha value is -1.88. The van der Waals surface area contributed by atoms with Gasteiger partial charge in [0.2, 0.25) is 5.91 Å². The Balaban J connectivity index is 2.01. The van der Waals surface area contributed by atoms with Crippen LogP contribution in [0.15, 0.2) is 30.3 Å². The molecule has 1 amide bonds. The van der Waals surface area contributed by atoms with E-state index in [1.165, 1.54) is 0 Å². The zero-order valence-electron chi connectivity index (χ0n) is 10.8. The molecular formula is C14H19NO4. The van der Waals surface area contributed by atoms with Crippen LogP contribution in [0.3, 0.4) is 0 Å². The van der Waals surface area contributed by atoms with Gasteiger partial charge in [-0.05, 0) is 18.4 Å². The van der Waals surface area contributed by atoms with Gasteiger partial charge in [-0.2, -0.15) is 0 Å². The molecule has 5 heteroatoms. The van der Waals surface area contributed by atoms with Crippen LogP contribution in [0, 0.1) is 0 Å². The highest BCUT2D eigenvalue weighted by Crippen LogP contribution is 2.03. The normalized spacial score (nSPS) is 10.1. The zero-order valence-corrected chi connectivity index (χ0v) is 10.8. The fourth-order valence-corrected chi connectivity index (χ4v) is 1.56. The Labute approximate surface area is 112 Å². The SMILES string of the molecule is O=C(O)CCCCCC(=O)NOCc1ccccc1. The van der Waals surface area contributed by atoms with E-state index in [0.29, 0.717) is 25.9 Å². The number of unbranched alkanes of at least 4 members (excludes halogenated alkanes) is 2. The summed E-state index contributed by atoms with van der Waals surface area (Å²) in [5, 5.41) is 8.45. The van der Waals surface area contributed by atoms with Crippen molar-refractivity contribution in [2.75, 3.05) is 0 Å². The number of carbonyl (C=O) groups excluding carboxylic acids is 1. The molecule has 0 unspecified atom stereocenters. The summed E-state index contributed by atoms with van der Waals surface area (Å²) in [5.41, 5.74) is 3.37. The number of carboxylic acids is 1. The van der Waals surface area contributed by atoms with Crippen LogP contribution in [0.5, 0.6) is 0 Å². The van der Waals surface area contributed by atoms with Crippen molar-refractivity contribution in [3.63, 3.8) is 0 Å². The van der Waals surface area contributed by atoms with Gasteiger partial charge in [-0.1, -0.05) is 36.8 Å². The summed E-state index contributed by atoms with van der Waals surface area (Å²) >= 11 is 0. The van der Waals surface area contributed by atoms with Gasteiger partial charge in [0.1, 0.15) is 0 Å². The summed E-state index contributed by atoms with van der Waals surface area (Å²) in [6.07, 6.45) is 2.53. The lowest BCUT2D eigenvalue weighted by Crippen LogP contribution is -2.23. The first-order chi connectivity index (χ1) is 9.18. The minimum Gasteiger partial charge on any atom is -0.481 e. The monoisotopic (exact) mass is 265 g/mol. The fourth-order valence-electron chi connectivity index (χ4n) is 1.56. The third-order valence-corrected chi connectivity index (χ3v) is 2.56. The molecule has 1 aromatic carbocycles. The molecule has 0 aliphatic carbocycles. The van der Waals surface area contributed by atoms with Crippen molar-refractivity contribution < 1.29 is 19.5 Å². The molecule has 0 aliphatic rings. The average molecular weight is 265 g/mol. The maximum Gasteiger partial charge on any atom is 0.303 e. The lowest BCUT2D eigenvalue weighted by molar-refractivity contribution is -0.137. The summed E-state index contributed by atoms with van der Waals surface area (Å²) in [4.78, 5) is 26.7. The first-order valence-electron chi connectivity index (χ1n) is 6.35. The number of nitrogens with one attached hydrogen (secondary N) is 1. The number of carboxylic acid groups (broad SMARTS) is 1. The molecular weight excluding hydrogens is 246 g/mol. The lowest BCUT2D eigenvalue weighted by Gasteiger charge is -2.05. The smallest absolute Gasteiger partial charge is 0.303 e. The van der Waals surface area contributed by atoms with Gasteiger partial charge in [-0.3, -0.25) is 14.4 Å². The average Bonchev–Trinajstić information content (AvgIpc) is 2.39. The van der Waals surface area contributed by atoms with E-state index < -0.39 is 5.97 Å². The molecule has 19 heavy (non-hydrogen) atoms. The van der Waals surface area contributed by atoms with Crippen LogP contribution in [0.1, 0.15) is 37.7 Å². The topological polar surface area (TPSA) is 75.6 Å². The van der Waals surface area contributed by atoms with Gasteiger partial charge in [-0.15, -0.1) is 0 Å². The highest BCUT2D eigenvalue weighted by Gasteiger charge is 2.02. The second-order valence-corrected chi connectivity index (χ2v) is 4.25. The Morgan fingerprint density at radius 1 is 1.05 bits per heavy atom. The summed E-state index contributed by atoms with van der Waals surface area (Å²) < 4.78 is 0. The zero-order chi connectivity index (χ0) is 13.9. The molecule has 1 rings (SSSR count). The van der Waals surface area contributed by atoms with Crippen molar-refractivity contribution in [2.24, 2.45) is 0 Å². The van der Waals surface area contributed by atoms with Gasteiger partial charge in [0.05, 0.1) is 6.61 Å². The largest absolute Gasteiger partial charge is 0.481 e. The van der Waals surface area contributed by atoms with E-state index >= 15 is 0 Å². The molecule has 5 nitrogen and oxygen atoms in total. The number of benzene rings is 1. The minimum atomic E-state index is -0.796. The van der Waals surface area contributed by atoms with Gasteiger partial charge in [-0.25, -0.2) is 5.48 Å². The van der Waals surface area contributed by atoms with Crippen LogP contribution < -0.4 is 5.48 Å². The lowest BCUT2D eigenvalue weighted by atomic mass is 10.1. The Bertz CT molecular complexity index is 392. The number of rotatable bonds is 9. The molecule has 0 aromatic heterocycles. The van der Waals surface area contributed by atoms with Crippen LogP contribution in [-0.4, -0.2) is 17.0 Å². The first-order valence-corrected chi connectivity index (χ1v) is 6.35. The molecule has 2 N–H and O–H groups in total. The van der Waals surface area contributed by atoms with Crippen molar-refractivity contribution in [1.82, 2.24) is 5.48 Å². The third-order valence-electron chi connectivity index (χ3n) is 2.56.